The Bertz CT molecular complexity index is 1010. The number of thiophene rings is 1. The quantitative estimate of drug-likeness (QED) is 0.632. The maximum absolute atomic E-state index is 12.3. The van der Waals surface area contributed by atoms with Crippen LogP contribution in [0.5, 0.6) is 0 Å². The fourth-order valence-corrected chi connectivity index (χ4v) is 4.00. The molecule has 3 rings (SSSR count). The Morgan fingerprint density at radius 3 is 2.54 bits per heavy atom. The Labute approximate surface area is 168 Å². The molecule has 0 bridgehead atoms. The second-order valence-corrected chi connectivity index (χ2v) is 7.62. The zero-order chi connectivity index (χ0) is 20.3. The molecule has 0 radical (unpaired) electrons. The van der Waals surface area contributed by atoms with E-state index in [1.54, 1.807) is 4.68 Å². The first-order chi connectivity index (χ1) is 13.4. The summed E-state index contributed by atoms with van der Waals surface area (Å²) in [5.41, 5.74) is 4.12. The molecule has 0 fully saturated rings. The molecule has 146 valence electrons. The minimum atomic E-state index is -0.476. The summed E-state index contributed by atoms with van der Waals surface area (Å²) in [5, 5.41) is 7.30. The van der Waals surface area contributed by atoms with Crippen LogP contribution >= 0.6 is 11.3 Å². The molecule has 2 heterocycles. The number of nitrogens with one attached hydrogen (secondary N) is 1. The van der Waals surface area contributed by atoms with Gasteiger partial charge in [0.15, 0.2) is 6.61 Å². The third-order valence-corrected chi connectivity index (χ3v) is 5.80. The van der Waals surface area contributed by atoms with Crippen molar-refractivity contribution in [2.45, 2.75) is 34.1 Å². The highest BCUT2D eigenvalue weighted by molar-refractivity contribution is 7.14. The molecule has 0 spiro atoms. The largest absolute Gasteiger partial charge is 0.451 e. The van der Waals surface area contributed by atoms with Crippen LogP contribution < -0.4 is 5.32 Å². The summed E-state index contributed by atoms with van der Waals surface area (Å²) in [5.74, 6) is -0.868. The third-order valence-electron chi connectivity index (χ3n) is 4.43. The molecule has 1 amide bonds. The third kappa shape index (κ3) is 4.14. The van der Waals surface area contributed by atoms with Crippen molar-refractivity contribution in [3.05, 3.63) is 63.1 Å². The van der Waals surface area contributed by atoms with Gasteiger partial charge in [-0.3, -0.25) is 4.79 Å². The number of hydrogen-bond acceptors (Lipinski definition) is 5. The predicted molar refractivity (Wildman–Crippen MR) is 110 cm³/mol. The van der Waals surface area contributed by atoms with Crippen LogP contribution in [0, 0.1) is 20.8 Å². The highest BCUT2D eigenvalue weighted by Gasteiger charge is 2.18. The monoisotopic (exact) mass is 397 g/mol. The lowest BCUT2D eigenvalue weighted by molar-refractivity contribution is -0.119. The SMILES string of the molecule is CCc1sc(C(=O)OCC(=O)Nc2c(C)nn(-c3ccccc3)c2C)cc1C. The fourth-order valence-electron chi connectivity index (χ4n) is 2.99. The standard InChI is InChI=1S/C21H23N3O3S/c1-5-17-13(2)11-18(28-17)21(26)27-12-19(25)22-20-14(3)23-24(15(20)4)16-9-7-6-8-10-16/h6-11H,5,12H2,1-4H3,(H,22,25). The summed E-state index contributed by atoms with van der Waals surface area (Å²) in [6.07, 6.45) is 0.869. The van der Waals surface area contributed by atoms with Crippen molar-refractivity contribution < 1.29 is 14.3 Å². The van der Waals surface area contributed by atoms with Crippen LogP contribution in [0.1, 0.15) is 38.4 Å². The van der Waals surface area contributed by atoms with Crippen molar-refractivity contribution in [3.8, 4) is 5.69 Å². The van der Waals surface area contributed by atoms with Gasteiger partial charge in [-0.25, -0.2) is 9.48 Å². The van der Waals surface area contributed by atoms with Crippen molar-refractivity contribution in [1.29, 1.82) is 0 Å². The van der Waals surface area contributed by atoms with E-state index in [0.717, 1.165) is 28.2 Å². The molecule has 1 aromatic carbocycles. The lowest BCUT2D eigenvalue weighted by atomic mass is 10.2. The van der Waals surface area contributed by atoms with E-state index in [1.165, 1.54) is 11.3 Å². The maximum atomic E-state index is 12.3. The zero-order valence-corrected chi connectivity index (χ0v) is 17.2. The van der Waals surface area contributed by atoms with Crippen LogP contribution in [-0.2, 0) is 16.0 Å². The molecule has 1 N–H and O–H groups in total. The average molecular weight is 398 g/mol. The molecule has 3 aromatic rings. The Morgan fingerprint density at radius 1 is 1.18 bits per heavy atom. The van der Waals surface area contributed by atoms with Gasteiger partial charge in [-0.2, -0.15) is 5.10 Å². The van der Waals surface area contributed by atoms with Crippen LogP contribution in [-0.4, -0.2) is 28.3 Å². The van der Waals surface area contributed by atoms with E-state index in [-0.39, 0.29) is 6.61 Å². The highest BCUT2D eigenvalue weighted by Crippen LogP contribution is 2.24. The first kappa shape index (κ1) is 19.8. The summed E-state index contributed by atoms with van der Waals surface area (Å²) in [6.45, 7) is 7.38. The van der Waals surface area contributed by atoms with E-state index < -0.39 is 11.9 Å². The van der Waals surface area contributed by atoms with Gasteiger partial charge < -0.3 is 10.1 Å². The second kappa shape index (κ2) is 8.39. The van der Waals surface area contributed by atoms with Gasteiger partial charge in [0.25, 0.3) is 5.91 Å². The molecule has 28 heavy (non-hydrogen) atoms. The van der Waals surface area contributed by atoms with Crippen molar-refractivity contribution in [3.63, 3.8) is 0 Å². The van der Waals surface area contributed by atoms with Crippen LogP contribution in [0.25, 0.3) is 5.69 Å². The number of ether oxygens (including phenoxy) is 1. The van der Waals surface area contributed by atoms with Gasteiger partial charge in [0.1, 0.15) is 4.88 Å². The van der Waals surface area contributed by atoms with Crippen LogP contribution in [0.4, 0.5) is 5.69 Å². The number of esters is 1. The number of hydrogen-bond donors (Lipinski definition) is 1. The van der Waals surface area contributed by atoms with Gasteiger partial charge in [-0.05, 0) is 51.0 Å². The molecule has 0 saturated carbocycles. The first-order valence-corrected chi connectivity index (χ1v) is 9.90. The lowest BCUT2D eigenvalue weighted by Crippen LogP contribution is -2.21. The number of para-hydroxylation sites is 1. The minimum absolute atomic E-state index is 0.341. The molecule has 0 aliphatic carbocycles. The summed E-state index contributed by atoms with van der Waals surface area (Å²) in [4.78, 5) is 26.2. The van der Waals surface area contributed by atoms with Gasteiger partial charge >= 0.3 is 5.97 Å². The Kier molecular flexibility index (Phi) is 5.94. The number of carbonyl (C=O) groups excluding carboxylic acids is 2. The molecule has 7 heteroatoms. The first-order valence-electron chi connectivity index (χ1n) is 9.08. The molecule has 6 nitrogen and oxygen atoms in total. The van der Waals surface area contributed by atoms with Crippen LogP contribution in [0.2, 0.25) is 0 Å². The van der Waals surface area contributed by atoms with Gasteiger partial charge in [-0.1, -0.05) is 25.1 Å². The van der Waals surface area contributed by atoms with E-state index in [9.17, 15) is 9.59 Å². The molecule has 0 saturated heterocycles. The van der Waals surface area contributed by atoms with Crippen LogP contribution in [0.3, 0.4) is 0 Å². The van der Waals surface area contributed by atoms with Gasteiger partial charge in [0.2, 0.25) is 0 Å². The van der Waals surface area contributed by atoms with E-state index >= 15 is 0 Å². The summed E-state index contributed by atoms with van der Waals surface area (Å²) < 4.78 is 6.95. The zero-order valence-electron chi connectivity index (χ0n) is 16.4. The smallest absolute Gasteiger partial charge is 0.348 e. The number of rotatable bonds is 6. The van der Waals surface area contributed by atoms with Crippen LogP contribution in [0.15, 0.2) is 36.4 Å². The van der Waals surface area contributed by atoms with Crippen molar-refractivity contribution in [2.75, 3.05) is 11.9 Å². The number of amides is 1. The predicted octanol–water partition coefficient (Wildman–Crippen LogP) is 4.22. The Morgan fingerprint density at radius 2 is 1.89 bits per heavy atom. The lowest BCUT2D eigenvalue weighted by Gasteiger charge is -2.07. The molecule has 2 aromatic heterocycles. The fraction of sp³-hybridized carbons (Fsp3) is 0.286. The number of benzene rings is 1. The number of aromatic nitrogens is 2. The molecular weight excluding hydrogens is 374 g/mol. The maximum Gasteiger partial charge on any atom is 0.348 e. The topological polar surface area (TPSA) is 73.2 Å². The Hall–Kier alpha value is -2.93. The summed E-state index contributed by atoms with van der Waals surface area (Å²) in [6, 6.07) is 11.5. The van der Waals surface area contributed by atoms with E-state index in [0.29, 0.717) is 16.3 Å². The second-order valence-electron chi connectivity index (χ2n) is 6.49. The van der Waals surface area contributed by atoms with Gasteiger partial charge in [-0.15, -0.1) is 11.3 Å². The molecular formula is C21H23N3O3S. The minimum Gasteiger partial charge on any atom is -0.451 e. The average Bonchev–Trinajstić information content (AvgIpc) is 3.21. The normalized spacial score (nSPS) is 10.7. The van der Waals surface area contributed by atoms with Gasteiger partial charge in [0, 0.05) is 4.88 Å². The van der Waals surface area contributed by atoms with Crippen molar-refractivity contribution in [1.82, 2.24) is 9.78 Å². The highest BCUT2D eigenvalue weighted by atomic mass is 32.1. The van der Waals surface area contributed by atoms with Crippen molar-refractivity contribution >= 4 is 28.9 Å². The molecule has 0 aliphatic rings. The number of carbonyl (C=O) groups is 2. The summed E-state index contributed by atoms with van der Waals surface area (Å²) >= 11 is 1.41. The molecule has 0 aliphatic heterocycles. The van der Waals surface area contributed by atoms with E-state index in [4.69, 9.17) is 4.74 Å². The van der Waals surface area contributed by atoms with Gasteiger partial charge in [0.05, 0.1) is 22.8 Å². The van der Waals surface area contributed by atoms with E-state index in [1.807, 2.05) is 64.1 Å². The number of nitrogens with zero attached hydrogens (tertiary/aromatic N) is 2. The van der Waals surface area contributed by atoms with E-state index in [2.05, 4.69) is 10.4 Å². The number of anilines is 1. The number of aryl methyl sites for hydroxylation is 3. The van der Waals surface area contributed by atoms with Crippen molar-refractivity contribution in [2.24, 2.45) is 0 Å². The summed E-state index contributed by atoms with van der Waals surface area (Å²) in [7, 11) is 0. The molecule has 0 unspecified atom stereocenters. The molecule has 0 atom stereocenters. The Balaban J connectivity index is 1.65.